The first kappa shape index (κ1) is 12.5. The molecule has 16 heavy (non-hydrogen) atoms. The van der Waals surface area contributed by atoms with Gasteiger partial charge in [-0.2, -0.15) is 5.26 Å². The summed E-state index contributed by atoms with van der Waals surface area (Å²) in [5.41, 5.74) is 1.34. The van der Waals surface area contributed by atoms with Gasteiger partial charge in [-0.25, -0.2) is 5.90 Å². The molecule has 0 unspecified atom stereocenters. The highest BCUT2D eigenvalue weighted by molar-refractivity contribution is 5.42. The third kappa shape index (κ3) is 3.51. The van der Waals surface area contributed by atoms with Crippen LogP contribution in [-0.2, 0) is 16.2 Å². The summed E-state index contributed by atoms with van der Waals surface area (Å²) in [5, 5.41) is 8.77. The molecule has 0 amide bonds. The molecule has 0 spiro atoms. The van der Waals surface area contributed by atoms with Gasteiger partial charge in [-0.1, -0.05) is 6.07 Å². The van der Waals surface area contributed by atoms with E-state index >= 15 is 0 Å². The second-order valence-corrected chi connectivity index (χ2v) is 3.09. The maximum Gasteiger partial charge on any atom is 0.126 e. The van der Waals surface area contributed by atoms with E-state index in [0.717, 1.165) is 5.56 Å². The average molecular weight is 222 g/mol. The lowest BCUT2D eigenvalue weighted by Gasteiger charge is -2.10. The van der Waals surface area contributed by atoms with Crippen LogP contribution in [0, 0.1) is 11.3 Å². The van der Waals surface area contributed by atoms with Gasteiger partial charge in [0.25, 0.3) is 0 Å². The smallest absolute Gasteiger partial charge is 0.126 e. The molecule has 86 valence electrons. The normalized spacial score (nSPS) is 9.81. The molecular formula is C11H14N2O3. The van der Waals surface area contributed by atoms with Crippen molar-refractivity contribution in [3.8, 4) is 11.8 Å². The number of nitriles is 1. The zero-order chi connectivity index (χ0) is 11.8. The van der Waals surface area contributed by atoms with Gasteiger partial charge < -0.3 is 9.47 Å². The van der Waals surface area contributed by atoms with Crippen LogP contribution in [-0.4, -0.2) is 20.3 Å². The second-order valence-electron chi connectivity index (χ2n) is 3.09. The van der Waals surface area contributed by atoms with Crippen LogP contribution in [0.4, 0.5) is 0 Å². The lowest BCUT2D eigenvalue weighted by Crippen LogP contribution is -2.07. The molecule has 5 nitrogen and oxygen atoms in total. The molecule has 5 heteroatoms. The van der Waals surface area contributed by atoms with Crippen LogP contribution >= 0.6 is 0 Å². The lowest BCUT2D eigenvalue weighted by molar-refractivity contribution is 0.117. The maximum absolute atomic E-state index is 8.77. The molecule has 1 aromatic rings. The molecule has 0 aliphatic heterocycles. The standard InChI is InChI=1S/C11H14N2O3/c1-14-4-5-15-11-6-9(7-12)2-3-10(11)8-16-13/h2-3,6H,4-5,8,13H2,1H3. The van der Waals surface area contributed by atoms with Crippen molar-refractivity contribution in [1.29, 1.82) is 5.26 Å². The van der Waals surface area contributed by atoms with Crippen molar-refractivity contribution in [2.75, 3.05) is 20.3 Å². The third-order valence-corrected chi connectivity index (χ3v) is 1.98. The summed E-state index contributed by atoms with van der Waals surface area (Å²) in [6.45, 7) is 1.15. The molecule has 0 saturated heterocycles. The summed E-state index contributed by atoms with van der Waals surface area (Å²) in [6, 6.07) is 7.15. The van der Waals surface area contributed by atoms with Gasteiger partial charge in [0.1, 0.15) is 12.4 Å². The summed E-state index contributed by atoms with van der Waals surface area (Å²) in [7, 11) is 1.60. The first-order valence-corrected chi connectivity index (χ1v) is 4.78. The molecule has 0 bridgehead atoms. The van der Waals surface area contributed by atoms with Crippen molar-refractivity contribution in [1.82, 2.24) is 0 Å². The molecule has 0 aliphatic carbocycles. The zero-order valence-corrected chi connectivity index (χ0v) is 9.10. The van der Waals surface area contributed by atoms with Crippen molar-refractivity contribution in [3.63, 3.8) is 0 Å². The van der Waals surface area contributed by atoms with E-state index in [1.165, 1.54) is 0 Å². The van der Waals surface area contributed by atoms with Gasteiger partial charge in [-0.15, -0.1) is 0 Å². The number of nitrogens with zero attached hydrogens (tertiary/aromatic N) is 1. The molecule has 2 N–H and O–H groups in total. The lowest BCUT2D eigenvalue weighted by atomic mass is 10.1. The molecule has 0 radical (unpaired) electrons. The number of nitrogens with two attached hydrogens (primary N) is 1. The predicted molar refractivity (Wildman–Crippen MR) is 57.5 cm³/mol. The van der Waals surface area contributed by atoms with E-state index < -0.39 is 0 Å². The Morgan fingerprint density at radius 3 is 2.81 bits per heavy atom. The third-order valence-electron chi connectivity index (χ3n) is 1.98. The number of methoxy groups -OCH3 is 1. The van der Waals surface area contributed by atoms with Crippen LogP contribution < -0.4 is 10.6 Å². The number of ether oxygens (including phenoxy) is 2. The average Bonchev–Trinajstić information content (AvgIpc) is 2.31. The van der Waals surface area contributed by atoms with Crippen molar-refractivity contribution < 1.29 is 14.3 Å². The number of hydrogen-bond acceptors (Lipinski definition) is 5. The summed E-state index contributed by atoms with van der Waals surface area (Å²) < 4.78 is 10.3. The summed E-state index contributed by atoms with van der Waals surface area (Å²) in [6.07, 6.45) is 0. The van der Waals surface area contributed by atoms with Gasteiger partial charge in [0.15, 0.2) is 0 Å². The Kier molecular flexibility index (Phi) is 5.29. The molecule has 1 rings (SSSR count). The van der Waals surface area contributed by atoms with Gasteiger partial charge in [0, 0.05) is 12.7 Å². The van der Waals surface area contributed by atoms with Crippen LogP contribution in [0.3, 0.4) is 0 Å². The number of benzene rings is 1. The summed E-state index contributed by atoms with van der Waals surface area (Å²) in [5.74, 6) is 5.61. The Hall–Kier alpha value is -1.61. The Morgan fingerprint density at radius 1 is 1.38 bits per heavy atom. The first-order valence-electron chi connectivity index (χ1n) is 4.78. The fourth-order valence-corrected chi connectivity index (χ4v) is 1.20. The molecule has 0 aromatic heterocycles. The van der Waals surface area contributed by atoms with Crippen molar-refractivity contribution in [3.05, 3.63) is 29.3 Å². The van der Waals surface area contributed by atoms with Gasteiger partial charge >= 0.3 is 0 Å². The monoisotopic (exact) mass is 222 g/mol. The Labute approximate surface area is 94.3 Å². The van der Waals surface area contributed by atoms with Crippen LogP contribution in [0.1, 0.15) is 11.1 Å². The number of hydrogen-bond donors (Lipinski definition) is 1. The summed E-state index contributed by atoms with van der Waals surface area (Å²) >= 11 is 0. The van der Waals surface area contributed by atoms with Gasteiger partial charge in [0.05, 0.1) is 24.8 Å². The molecule has 0 heterocycles. The van der Waals surface area contributed by atoms with Crippen molar-refractivity contribution in [2.45, 2.75) is 6.61 Å². The highest BCUT2D eigenvalue weighted by Crippen LogP contribution is 2.20. The minimum atomic E-state index is 0.244. The highest BCUT2D eigenvalue weighted by atomic mass is 16.6. The Bertz CT molecular complexity index is 374. The zero-order valence-electron chi connectivity index (χ0n) is 9.10. The Morgan fingerprint density at radius 2 is 2.19 bits per heavy atom. The molecule has 0 aliphatic rings. The van der Waals surface area contributed by atoms with Gasteiger partial charge in [-0.3, -0.25) is 4.84 Å². The van der Waals surface area contributed by atoms with E-state index in [1.807, 2.05) is 6.07 Å². The number of rotatable bonds is 6. The fraction of sp³-hybridized carbons (Fsp3) is 0.364. The fourth-order valence-electron chi connectivity index (χ4n) is 1.20. The molecule has 1 aromatic carbocycles. The maximum atomic E-state index is 8.77. The molecule has 0 atom stereocenters. The minimum absolute atomic E-state index is 0.244. The van der Waals surface area contributed by atoms with Crippen LogP contribution in [0.2, 0.25) is 0 Å². The minimum Gasteiger partial charge on any atom is -0.491 e. The van der Waals surface area contributed by atoms with E-state index in [1.54, 1.807) is 25.3 Å². The summed E-state index contributed by atoms with van der Waals surface area (Å²) in [4.78, 5) is 4.55. The van der Waals surface area contributed by atoms with Crippen molar-refractivity contribution in [2.24, 2.45) is 5.90 Å². The van der Waals surface area contributed by atoms with Crippen LogP contribution in [0.15, 0.2) is 18.2 Å². The molecular weight excluding hydrogens is 208 g/mol. The van der Waals surface area contributed by atoms with E-state index in [9.17, 15) is 0 Å². The van der Waals surface area contributed by atoms with E-state index in [-0.39, 0.29) is 6.61 Å². The highest BCUT2D eigenvalue weighted by Gasteiger charge is 2.05. The van der Waals surface area contributed by atoms with E-state index in [4.69, 9.17) is 20.6 Å². The Balaban J connectivity index is 2.79. The molecule has 0 fully saturated rings. The topological polar surface area (TPSA) is 77.5 Å². The largest absolute Gasteiger partial charge is 0.491 e. The van der Waals surface area contributed by atoms with Gasteiger partial charge in [0.2, 0.25) is 0 Å². The van der Waals surface area contributed by atoms with Crippen LogP contribution in [0.5, 0.6) is 5.75 Å². The first-order chi connectivity index (χ1) is 7.81. The predicted octanol–water partition coefficient (Wildman–Crippen LogP) is 0.974. The van der Waals surface area contributed by atoms with Gasteiger partial charge in [-0.05, 0) is 12.1 Å². The van der Waals surface area contributed by atoms with Crippen molar-refractivity contribution >= 4 is 0 Å². The van der Waals surface area contributed by atoms with Crippen LogP contribution in [0.25, 0.3) is 0 Å². The second kappa shape index (κ2) is 6.80. The quantitative estimate of drug-likeness (QED) is 0.573. The SMILES string of the molecule is COCCOc1cc(C#N)ccc1CON. The van der Waals surface area contributed by atoms with E-state index in [2.05, 4.69) is 4.84 Å². The van der Waals surface area contributed by atoms with E-state index in [0.29, 0.717) is 24.5 Å². The molecule has 0 saturated carbocycles.